The van der Waals surface area contributed by atoms with Crippen LogP contribution in [-0.2, 0) is 21.2 Å². The molecule has 1 atom stereocenters. The topological polar surface area (TPSA) is 114 Å². The third-order valence-corrected chi connectivity index (χ3v) is 5.83. The number of nitrogens with zero attached hydrogens (tertiary/aromatic N) is 1. The van der Waals surface area contributed by atoms with Crippen molar-refractivity contribution in [3.05, 3.63) is 52.8 Å². The molecule has 9 heteroatoms. The molecule has 8 nitrogen and oxygen atoms in total. The van der Waals surface area contributed by atoms with Gasteiger partial charge in [0.25, 0.3) is 0 Å². The summed E-state index contributed by atoms with van der Waals surface area (Å²) >= 11 is 0. The fourth-order valence-corrected chi connectivity index (χ4v) is 4.55. The fraction of sp³-hybridized carbons (Fsp3) is 0.316. The SMILES string of the molecule is CC(=O)c1c[nH]c(C(=O)OCC(=O)c2ccc3c(c2)C[C@H](C)N3S(C)(=O)=O)c1. The predicted molar refractivity (Wildman–Crippen MR) is 102 cm³/mol. The molecule has 0 radical (unpaired) electrons. The molecule has 3 rings (SSSR count). The van der Waals surface area contributed by atoms with E-state index in [-0.39, 0.29) is 17.5 Å². The van der Waals surface area contributed by atoms with E-state index in [9.17, 15) is 22.8 Å². The molecule has 1 aliphatic heterocycles. The summed E-state index contributed by atoms with van der Waals surface area (Å²) in [5.74, 6) is -1.33. The van der Waals surface area contributed by atoms with Gasteiger partial charge in [-0.15, -0.1) is 0 Å². The van der Waals surface area contributed by atoms with Crippen LogP contribution in [0, 0.1) is 0 Å². The van der Waals surface area contributed by atoms with Crippen molar-refractivity contribution < 1.29 is 27.5 Å². The zero-order valence-corrected chi connectivity index (χ0v) is 16.5. The average Bonchev–Trinajstić information content (AvgIpc) is 3.21. The lowest BCUT2D eigenvalue weighted by Gasteiger charge is -2.21. The number of rotatable bonds is 6. The molecule has 0 saturated carbocycles. The third-order valence-electron chi connectivity index (χ3n) is 4.56. The Bertz CT molecular complexity index is 1070. The maximum atomic E-state index is 12.4. The first kappa shape index (κ1) is 19.8. The van der Waals surface area contributed by atoms with Crippen molar-refractivity contribution in [1.29, 1.82) is 0 Å². The van der Waals surface area contributed by atoms with Gasteiger partial charge in [-0.05, 0) is 50.1 Å². The summed E-state index contributed by atoms with van der Waals surface area (Å²) in [4.78, 5) is 38.3. The number of aromatic nitrogens is 1. The van der Waals surface area contributed by atoms with Crippen molar-refractivity contribution in [1.82, 2.24) is 4.98 Å². The first-order chi connectivity index (χ1) is 13.1. The second-order valence-corrected chi connectivity index (χ2v) is 8.67. The number of aromatic amines is 1. The number of sulfonamides is 1. The van der Waals surface area contributed by atoms with Gasteiger partial charge in [-0.2, -0.15) is 0 Å². The zero-order valence-electron chi connectivity index (χ0n) is 15.7. The number of fused-ring (bicyclic) bond motifs is 1. The van der Waals surface area contributed by atoms with Crippen molar-refractivity contribution in [2.45, 2.75) is 26.3 Å². The van der Waals surface area contributed by atoms with Gasteiger partial charge in [0.05, 0.1) is 11.9 Å². The molecule has 1 aliphatic rings. The van der Waals surface area contributed by atoms with Gasteiger partial charge in [-0.1, -0.05) is 0 Å². The first-order valence-corrected chi connectivity index (χ1v) is 10.4. The molecule has 2 heterocycles. The van der Waals surface area contributed by atoms with E-state index in [1.807, 2.05) is 0 Å². The molecule has 1 N–H and O–H groups in total. The Labute approximate surface area is 162 Å². The maximum Gasteiger partial charge on any atom is 0.355 e. The second kappa shape index (κ2) is 7.23. The molecule has 0 aliphatic carbocycles. The molecule has 148 valence electrons. The number of H-pyrrole nitrogens is 1. The molecule has 0 unspecified atom stereocenters. The summed E-state index contributed by atoms with van der Waals surface area (Å²) in [7, 11) is -3.40. The first-order valence-electron chi connectivity index (χ1n) is 8.60. The van der Waals surface area contributed by atoms with Crippen LogP contribution >= 0.6 is 0 Å². The van der Waals surface area contributed by atoms with E-state index in [0.29, 0.717) is 23.2 Å². The van der Waals surface area contributed by atoms with Crippen LogP contribution in [0.1, 0.15) is 50.6 Å². The minimum atomic E-state index is -3.40. The van der Waals surface area contributed by atoms with Crippen molar-refractivity contribution in [3.63, 3.8) is 0 Å². The smallest absolute Gasteiger partial charge is 0.355 e. The highest BCUT2D eigenvalue weighted by atomic mass is 32.2. The van der Waals surface area contributed by atoms with Crippen molar-refractivity contribution >= 4 is 33.2 Å². The Morgan fingerprint density at radius 3 is 2.54 bits per heavy atom. The highest BCUT2D eigenvalue weighted by Crippen LogP contribution is 2.34. The number of ether oxygens (including phenoxy) is 1. The molecule has 1 aromatic carbocycles. The van der Waals surface area contributed by atoms with Crippen molar-refractivity contribution in [2.75, 3.05) is 17.2 Å². The Kier molecular flexibility index (Phi) is 5.12. The lowest BCUT2D eigenvalue weighted by molar-refractivity contribution is 0.0469. The molecule has 0 spiro atoms. The number of carbonyl (C=O) groups is 3. The summed E-state index contributed by atoms with van der Waals surface area (Å²) in [6.07, 6.45) is 3.05. The molecule has 1 aromatic heterocycles. The van der Waals surface area contributed by atoms with Crippen LogP contribution in [0.3, 0.4) is 0 Å². The van der Waals surface area contributed by atoms with E-state index in [2.05, 4.69) is 4.98 Å². The Morgan fingerprint density at radius 2 is 1.93 bits per heavy atom. The number of hydrogen-bond donors (Lipinski definition) is 1. The van der Waals surface area contributed by atoms with Gasteiger partial charge in [0.1, 0.15) is 5.69 Å². The van der Waals surface area contributed by atoms with E-state index in [0.717, 1.165) is 11.8 Å². The largest absolute Gasteiger partial charge is 0.453 e. The van der Waals surface area contributed by atoms with Crippen LogP contribution in [0.15, 0.2) is 30.5 Å². The molecular weight excluding hydrogens is 384 g/mol. The van der Waals surface area contributed by atoms with Gasteiger partial charge in [0.2, 0.25) is 10.0 Å². The minimum absolute atomic E-state index is 0.0876. The van der Waals surface area contributed by atoms with E-state index in [1.54, 1.807) is 19.1 Å². The van der Waals surface area contributed by atoms with Crippen LogP contribution in [-0.4, -0.2) is 49.8 Å². The van der Waals surface area contributed by atoms with E-state index >= 15 is 0 Å². The minimum Gasteiger partial charge on any atom is -0.453 e. The number of benzene rings is 1. The van der Waals surface area contributed by atoms with Gasteiger partial charge in [-0.3, -0.25) is 13.9 Å². The van der Waals surface area contributed by atoms with Gasteiger partial charge < -0.3 is 9.72 Å². The summed E-state index contributed by atoms with van der Waals surface area (Å²) < 4.78 is 30.3. The third kappa shape index (κ3) is 3.84. The molecule has 0 fully saturated rings. The highest BCUT2D eigenvalue weighted by molar-refractivity contribution is 7.92. The zero-order chi connectivity index (χ0) is 20.6. The van der Waals surface area contributed by atoms with Crippen LogP contribution in [0.25, 0.3) is 0 Å². The van der Waals surface area contributed by atoms with Gasteiger partial charge in [0.15, 0.2) is 18.2 Å². The number of ketones is 2. The van der Waals surface area contributed by atoms with Gasteiger partial charge >= 0.3 is 5.97 Å². The Morgan fingerprint density at radius 1 is 1.21 bits per heavy atom. The van der Waals surface area contributed by atoms with Gasteiger partial charge in [-0.25, -0.2) is 13.2 Å². The van der Waals surface area contributed by atoms with E-state index in [1.165, 1.54) is 29.6 Å². The second-order valence-electron chi connectivity index (χ2n) is 6.81. The monoisotopic (exact) mass is 404 g/mol. The summed E-state index contributed by atoms with van der Waals surface area (Å²) in [6.45, 7) is 2.72. The van der Waals surface area contributed by atoms with E-state index < -0.39 is 28.4 Å². The normalized spacial score (nSPS) is 16.0. The van der Waals surface area contributed by atoms with Crippen LogP contribution in [0.2, 0.25) is 0 Å². The molecule has 2 aromatic rings. The standard InChI is InChI=1S/C19H20N2O6S/c1-11-6-14-7-13(4-5-17(14)21(11)28(3,25)26)18(23)10-27-19(24)16-8-15(9-20-16)12(2)22/h4-5,7-9,11,20H,6,10H2,1-3H3/t11-/m0/s1. The molecule has 0 bridgehead atoms. The average molecular weight is 404 g/mol. The summed E-state index contributed by atoms with van der Waals surface area (Å²) in [5.41, 5.74) is 2.09. The lowest BCUT2D eigenvalue weighted by Crippen LogP contribution is -2.34. The van der Waals surface area contributed by atoms with Crippen molar-refractivity contribution in [2.24, 2.45) is 0 Å². The quantitative estimate of drug-likeness (QED) is 0.582. The maximum absolute atomic E-state index is 12.4. The van der Waals surface area contributed by atoms with Crippen LogP contribution in [0.4, 0.5) is 5.69 Å². The number of nitrogens with one attached hydrogen (secondary N) is 1. The summed E-state index contributed by atoms with van der Waals surface area (Å²) in [6, 6.07) is 5.89. The van der Waals surface area contributed by atoms with Gasteiger partial charge in [0, 0.05) is 23.4 Å². The highest BCUT2D eigenvalue weighted by Gasteiger charge is 2.32. The number of hydrogen-bond acceptors (Lipinski definition) is 6. The summed E-state index contributed by atoms with van der Waals surface area (Å²) in [5, 5.41) is 0. The van der Waals surface area contributed by atoms with E-state index in [4.69, 9.17) is 4.74 Å². The molecule has 0 amide bonds. The number of anilines is 1. The Balaban J connectivity index is 1.70. The molecule has 0 saturated heterocycles. The van der Waals surface area contributed by atoms with Crippen LogP contribution in [0.5, 0.6) is 0 Å². The Hall–Kier alpha value is -2.94. The molecule has 28 heavy (non-hydrogen) atoms. The number of esters is 1. The predicted octanol–water partition coefficient (Wildman–Crippen LogP) is 1.97. The lowest BCUT2D eigenvalue weighted by atomic mass is 10.0. The van der Waals surface area contributed by atoms with Crippen molar-refractivity contribution in [3.8, 4) is 0 Å². The molecular formula is C19H20N2O6S. The number of carbonyl (C=O) groups excluding carboxylic acids is 3. The van der Waals surface area contributed by atoms with Crippen LogP contribution < -0.4 is 4.31 Å². The number of Topliss-reactive ketones (excluding diaryl/α,β-unsaturated/α-hetero) is 2. The fourth-order valence-electron chi connectivity index (χ4n) is 3.29.